The van der Waals surface area contributed by atoms with Crippen molar-refractivity contribution < 1.29 is 19.4 Å². The van der Waals surface area contributed by atoms with Crippen LogP contribution >= 0.6 is 27.5 Å². The van der Waals surface area contributed by atoms with Gasteiger partial charge in [-0.1, -0.05) is 18.5 Å². The fraction of sp³-hybridized carbons (Fsp3) is 0.385. The van der Waals surface area contributed by atoms with Gasteiger partial charge in [0, 0.05) is 18.6 Å². The smallest absolute Gasteiger partial charge is 0.308 e. The van der Waals surface area contributed by atoms with Crippen molar-refractivity contribution in [2.75, 3.05) is 20.2 Å². The Morgan fingerprint density at radius 2 is 2.15 bits per heavy atom. The Kier molecular flexibility index (Phi) is 6.29. The second-order valence-corrected chi connectivity index (χ2v) is 5.67. The van der Waals surface area contributed by atoms with Crippen LogP contribution in [0, 0.1) is 5.92 Å². The van der Waals surface area contributed by atoms with Gasteiger partial charge in [0.05, 0.1) is 10.4 Å². The van der Waals surface area contributed by atoms with Crippen LogP contribution < -0.4 is 4.74 Å². The lowest BCUT2D eigenvalue weighted by molar-refractivity contribution is -0.143. The molecule has 1 atom stereocenters. The normalized spacial score (nSPS) is 11.8. The van der Waals surface area contributed by atoms with Crippen LogP contribution in [0.25, 0.3) is 0 Å². The number of nitrogens with zero attached hydrogens (tertiary/aromatic N) is 1. The van der Waals surface area contributed by atoms with Gasteiger partial charge in [-0.3, -0.25) is 9.59 Å². The number of aliphatic carboxylic acids is 1. The summed E-state index contributed by atoms with van der Waals surface area (Å²) in [7, 11) is 1.54. The van der Waals surface area contributed by atoms with Crippen molar-refractivity contribution >= 4 is 39.4 Å². The van der Waals surface area contributed by atoms with Crippen molar-refractivity contribution in [1.82, 2.24) is 4.90 Å². The van der Waals surface area contributed by atoms with Gasteiger partial charge in [0.15, 0.2) is 6.61 Å². The Balaban J connectivity index is 2.52. The third-order valence-electron chi connectivity index (χ3n) is 2.64. The van der Waals surface area contributed by atoms with Crippen LogP contribution in [0.4, 0.5) is 0 Å². The molecule has 0 saturated carbocycles. The number of carbonyl (C=O) groups is 2. The second-order valence-electron chi connectivity index (χ2n) is 4.38. The summed E-state index contributed by atoms with van der Waals surface area (Å²) in [6.07, 6.45) is 0. The van der Waals surface area contributed by atoms with Crippen molar-refractivity contribution in [1.29, 1.82) is 0 Å². The Bertz CT molecular complexity index is 509. The first-order chi connectivity index (χ1) is 9.31. The highest BCUT2D eigenvalue weighted by atomic mass is 79.9. The molecule has 0 saturated heterocycles. The maximum Gasteiger partial charge on any atom is 0.308 e. The molecule has 0 spiro atoms. The van der Waals surface area contributed by atoms with Crippen molar-refractivity contribution in [3.05, 3.63) is 27.7 Å². The van der Waals surface area contributed by atoms with Gasteiger partial charge >= 0.3 is 5.97 Å². The largest absolute Gasteiger partial charge is 0.483 e. The van der Waals surface area contributed by atoms with E-state index in [1.165, 1.54) is 4.90 Å². The lowest BCUT2D eigenvalue weighted by Crippen LogP contribution is -2.36. The molecule has 1 rings (SSSR count). The van der Waals surface area contributed by atoms with E-state index in [4.69, 9.17) is 21.4 Å². The zero-order valence-corrected chi connectivity index (χ0v) is 13.4. The van der Waals surface area contributed by atoms with Gasteiger partial charge in [-0.25, -0.2) is 0 Å². The fourth-order valence-electron chi connectivity index (χ4n) is 1.43. The minimum absolute atomic E-state index is 0.138. The van der Waals surface area contributed by atoms with Gasteiger partial charge in [0.1, 0.15) is 5.75 Å². The maximum atomic E-state index is 11.8. The van der Waals surface area contributed by atoms with Gasteiger partial charge in [-0.2, -0.15) is 0 Å². The van der Waals surface area contributed by atoms with E-state index in [2.05, 4.69) is 15.9 Å². The molecule has 0 aliphatic heterocycles. The van der Waals surface area contributed by atoms with Gasteiger partial charge in [-0.05, 0) is 34.1 Å². The summed E-state index contributed by atoms with van der Waals surface area (Å²) < 4.78 is 6.02. The summed E-state index contributed by atoms with van der Waals surface area (Å²) in [6, 6.07) is 4.97. The molecule has 7 heteroatoms. The van der Waals surface area contributed by atoms with Crippen LogP contribution in [-0.2, 0) is 9.59 Å². The number of carboxylic acids is 1. The monoisotopic (exact) mass is 363 g/mol. The number of hydrogen-bond acceptors (Lipinski definition) is 3. The van der Waals surface area contributed by atoms with E-state index in [9.17, 15) is 9.59 Å². The summed E-state index contributed by atoms with van der Waals surface area (Å²) >= 11 is 9.08. The molecular weight excluding hydrogens is 350 g/mol. The molecule has 1 N–H and O–H groups in total. The molecule has 0 radical (unpaired) electrons. The second kappa shape index (κ2) is 7.50. The number of rotatable bonds is 6. The predicted octanol–water partition coefficient (Wildman–Crippen LogP) is 2.66. The van der Waals surface area contributed by atoms with Gasteiger partial charge in [0.2, 0.25) is 0 Å². The van der Waals surface area contributed by atoms with Crippen LogP contribution in [0.2, 0.25) is 5.02 Å². The first-order valence-electron chi connectivity index (χ1n) is 5.86. The molecule has 1 aromatic carbocycles. The molecule has 0 aliphatic carbocycles. The number of carbonyl (C=O) groups excluding carboxylic acids is 1. The van der Waals surface area contributed by atoms with Gasteiger partial charge < -0.3 is 14.7 Å². The molecule has 1 unspecified atom stereocenters. The Labute approximate surface area is 130 Å². The number of likely N-dealkylation sites (N-methyl/N-ethyl adjacent to an activating group) is 1. The molecule has 0 aromatic heterocycles. The highest BCUT2D eigenvalue weighted by Crippen LogP contribution is 2.27. The third kappa shape index (κ3) is 5.02. The van der Waals surface area contributed by atoms with Crippen LogP contribution in [0.3, 0.4) is 0 Å². The van der Waals surface area contributed by atoms with Crippen LogP contribution in [0.1, 0.15) is 6.92 Å². The number of ether oxygens (including phenoxy) is 1. The minimum atomic E-state index is -0.939. The lowest BCUT2D eigenvalue weighted by Gasteiger charge is -2.19. The predicted molar refractivity (Wildman–Crippen MR) is 79.1 cm³/mol. The Hall–Kier alpha value is -1.27. The van der Waals surface area contributed by atoms with Crippen molar-refractivity contribution in [2.45, 2.75) is 6.92 Å². The van der Waals surface area contributed by atoms with Gasteiger partial charge in [0.25, 0.3) is 5.91 Å². The van der Waals surface area contributed by atoms with Crippen LogP contribution in [0.15, 0.2) is 22.7 Å². The maximum absolute atomic E-state index is 11.8. The fourth-order valence-corrected chi connectivity index (χ4v) is 2.23. The van der Waals surface area contributed by atoms with E-state index < -0.39 is 11.9 Å². The lowest BCUT2D eigenvalue weighted by atomic mass is 10.2. The number of hydrogen-bond donors (Lipinski definition) is 1. The molecular formula is C13H15BrClNO4. The van der Waals surface area contributed by atoms with Gasteiger partial charge in [-0.15, -0.1) is 0 Å². The highest BCUT2D eigenvalue weighted by Gasteiger charge is 2.17. The molecule has 5 nitrogen and oxygen atoms in total. The molecule has 0 heterocycles. The van der Waals surface area contributed by atoms with Crippen LogP contribution in [-0.4, -0.2) is 42.1 Å². The zero-order valence-electron chi connectivity index (χ0n) is 11.1. The third-order valence-corrected chi connectivity index (χ3v) is 3.49. The average Bonchev–Trinajstić information content (AvgIpc) is 2.37. The topological polar surface area (TPSA) is 66.8 Å². The first kappa shape index (κ1) is 16.8. The van der Waals surface area contributed by atoms with Crippen molar-refractivity contribution in [2.24, 2.45) is 5.92 Å². The number of carboxylic acid groups (broad SMARTS) is 1. The van der Waals surface area contributed by atoms with E-state index in [0.717, 1.165) is 0 Å². The van der Waals surface area contributed by atoms with E-state index in [1.54, 1.807) is 32.2 Å². The SMILES string of the molecule is CC(CN(C)C(=O)COc1ccc(Cl)cc1Br)C(=O)O. The summed E-state index contributed by atoms with van der Waals surface area (Å²) in [5, 5.41) is 9.35. The summed E-state index contributed by atoms with van der Waals surface area (Å²) in [5.74, 6) is -1.35. The van der Waals surface area contributed by atoms with E-state index in [1.807, 2.05) is 0 Å². The molecule has 0 fully saturated rings. The molecule has 110 valence electrons. The average molecular weight is 365 g/mol. The van der Waals surface area contributed by atoms with Crippen molar-refractivity contribution in [3.8, 4) is 5.75 Å². The highest BCUT2D eigenvalue weighted by molar-refractivity contribution is 9.10. The molecule has 20 heavy (non-hydrogen) atoms. The number of benzene rings is 1. The summed E-state index contributed by atoms with van der Waals surface area (Å²) in [6.45, 7) is 1.52. The van der Waals surface area contributed by atoms with E-state index in [-0.39, 0.29) is 19.1 Å². The minimum Gasteiger partial charge on any atom is -0.483 e. The molecule has 1 amide bonds. The Morgan fingerprint density at radius 1 is 1.50 bits per heavy atom. The molecule has 1 aromatic rings. The first-order valence-corrected chi connectivity index (χ1v) is 7.03. The van der Waals surface area contributed by atoms with E-state index in [0.29, 0.717) is 15.2 Å². The molecule has 0 aliphatic rings. The molecule has 0 bridgehead atoms. The Morgan fingerprint density at radius 3 is 2.70 bits per heavy atom. The zero-order chi connectivity index (χ0) is 15.3. The van der Waals surface area contributed by atoms with E-state index >= 15 is 0 Å². The number of halogens is 2. The van der Waals surface area contributed by atoms with Crippen LogP contribution in [0.5, 0.6) is 5.75 Å². The summed E-state index contributed by atoms with van der Waals surface area (Å²) in [4.78, 5) is 23.9. The summed E-state index contributed by atoms with van der Waals surface area (Å²) in [5.41, 5.74) is 0. The standard InChI is InChI=1S/C13H15BrClNO4/c1-8(13(18)19)6-16(2)12(17)7-20-11-4-3-9(15)5-10(11)14/h3-5,8H,6-7H2,1-2H3,(H,18,19). The number of amides is 1. The van der Waals surface area contributed by atoms with Crippen molar-refractivity contribution in [3.63, 3.8) is 0 Å². The quantitative estimate of drug-likeness (QED) is 0.843.